The molecular weight excluding hydrogens is 278 g/mol. The molecule has 0 radical (unpaired) electrons. The van der Waals surface area contributed by atoms with Crippen molar-refractivity contribution in [3.8, 4) is 0 Å². The summed E-state index contributed by atoms with van der Waals surface area (Å²) >= 11 is 11.7. The molecule has 0 aliphatic heterocycles. The van der Waals surface area contributed by atoms with Gasteiger partial charge in [-0.2, -0.15) is 0 Å². The molecular formula is C13H13Cl2FO2. The molecule has 18 heavy (non-hydrogen) atoms. The molecule has 1 unspecified atom stereocenters. The van der Waals surface area contributed by atoms with Gasteiger partial charge in [0.15, 0.2) is 5.78 Å². The first kappa shape index (κ1) is 15.1. The number of carbonyl (C=O) groups is 2. The van der Waals surface area contributed by atoms with E-state index in [1.807, 2.05) is 0 Å². The molecule has 0 aromatic heterocycles. The van der Waals surface area contributed by atoms with Gasteiger partial charge in [0, 0.05) is 5.56 Å². The van der Waals surface area contributed by atoms with Crippen LogP contribution in [0.15, 0.2) is 6.07 Å². The van der Waals surface area contributed by atoms with E-state index >= 15 is 0 Å². The fourth-order valence-corrected chi connectivity index (χ4v) is 2.19. The number of hydrogen-bond acceptors (Lipinski definition) is 2. The Labute approximate surface area is 115 Å². The fraction of sp³-hybridized carbons (Fsp3) is 0.385. The van der Waals surface area contributed by atoms with Crippen molar-refractivity contribution < 1.29 is 14.0 Å². The van der Waals surface area contributed by atoms with E-state index in [2.05, 4.69) is 0 Å². The van der Waals surface area contributed by atoms with Gasteiger partial charge in [-0.05, 0) is 31.9 Å². The number of benzene rings is 1. The molecule has 1 rings (SSSR count). The minimum atomic E-state index is -0.789. The van der Waals surface area contributed by atoms with E-state index in [1.54, 1.807) is 6.92 Å². The lowest BCUT2D eigenvalue weighted by molar-refractivity contribution is -0.119. The lowest BCUT2D eigenvalue weighted by Crippen LogP contribution is -2.22. The SMILES string of the molecule is CCC(C(C)=O)C(=O)c1cc(F)c(Cl)c(C)c1Cl. The van der Waals surface area contributed by atoms with Crippen molar-refractivity contribution in [2.75, 3.05) is 0 Å². The third kappa shape index (κ3) is 2.73. The van der Waals surface area contributed by atoms with Gasteiger partial charge in [-0.3, -0.25) is 9.59 Å². The maximum Gasteiger partial charge on any atom is 0.174 e. The zero-order valence-electron chi connectivity index (χ0n) is 10.3. The largest absolute Gasteiger partial charge is 0.299 e. The summed E-state index contributed by atoms with van der Waals surface area (Å²) in [6.07, 6.45) is 0.355. The molecule has 0 saturated heterocycles. The van der Waals surface area contributed by atoms with Crippen molar-refractivity contribution in [2.45, 2.75) is 27.2 Å². The smallest absolute Gasteiger partial charge is 0.174 e. The molecule has 2 nitrogen and oxygen atoms in total. The van der Waals surface area contributed by atoms with E-state index in [1.165, 1.54) is 13.8 Å². The average Bonchev–Trinajstić information content (AvgIpc) is 2.31. The van der Waals surface area contributed by atoms with Crippen LogP contribution in [0.1, 0.15) is 36.2 Å². The molecule has 1 aromatic rings. The van der Waals surface area contributed by atoms with E-state index in [-0.39, 0.29) is 21.4 Å². The van der Waals surface area contributed by atoms with Gasteiger partial charge in [-0.25, -0.2) is 4.39 Å². The highest BCUT2D eigenvalue weighted by Crippen LogP contribution is 2.31. The Morgan fingerprint density at radius 3 is 2.33 bits per heavy atom. The minimum absolute atomic E-state index is 0.0121. The summed E-state index contributed by atoms with van der Waals surface area (Å²) in [5.41, 5.74) is 0.318. The van der Waals surface area contributed by atoms with Crippen molar-refractivity contribution in [1.82, 2.24) is 0 Å². The summed E-state index contributed by atoms with van der Waals surface area (Å²) in [4.78, 5) is 23.5. The molecule has 0 bridgehead atoms. The first-order valence-electron chi connectivity index (χ1n) is 5.50. The van der Waals surface area contributed by atoms with Gasteiger partial charge in [0.2, 0.25) is 0 Å². The molecule has 0 aliphatic rings. The molecule has 0 aliphatic carbocycles. The number of rotatable bonds is 4. The number of carbonyl (C=O) groups excluding carboxylic acids is 2. The Kier molecular flexibility index (Phi) is 4.88. The van der Waals surface area contributed by atoms with Crippen LogP contribution in [0.4, 0.5) is 4.39 Å². The minimum Gasteiger partial charge on any atom is -0.299 e. The topological polar surface area (TPSA) is 34.1 Å². The maximum atomic E-state index is 13.5. The predicted octanol–water partition coefficient (Wildman–Crippen LogP) is 4.24. The van der Waals surface area contributed by atoms with Gasteiger partial charge < -0.3 is 0 Å². The predicted molar refractivity (Wildman–Crippen MR) is 69.9 cm³/mol. The van der Waals surface area contributed by atoms with Crippen LogP contribution in [0.25, 0.3) is 0 Å². The second-order valence-corrected chi connectivity index (χ2v) is 4.85. The lowest BCUT2D eigenvalue weighted by Gasteiger charge is -2.13. The normalized spacial score (nSPS) is 12.3. The molecule has 0 N–H and O–H groups in total. The van der Waals surface area contributed by atoms with Gasteiger partial charge in [-0.15, -0.1) is 0 Å². The fourth-order valence-electron chi connectivity index (χ4n) is 1.76. The monoisotopic (exact) mass is 290 g/mol. The van der Waals surface area contributed by atoms with E-state index < -0.39 is 17.5 Å². The Hall–Kier alpha value is -0.930. The molecule has 1 aromatic carbocycles. The van der Waals surface area contributed by atoms with Crippen LogP contribution in [-0.4, -0.2) is 11.6 Å². The zero-order valence-corrected chi connectivity index (χ0v) is 11.8. The van der Waals surface area contributed by atoms with Crippen LogP contribution >= 0.6 is 23.2 Å². The molecule has 0 heterocycles. The van der Waals surface area contributed by atoms with Crippen LogP contribution in [0.5, 0.6) is 0 Å². The summed E-state index contributed by atoms with van der Waals surface area (Å²) in [7, 11) is 0. The van der Waals surface area contributed by atoms with Gasteiger partial charge >= 0.3 is 0 Å². The van der Waals surface area contributed by atoms with Gasteiger partial charge in [0.1, 0.15) is 11.6 Å². The van der Waals surface area contributed by atoms with Gasteiger partial charge in [0.25, 0.3) is 0 Å². The maximum absolute atomic E-state index is 13.5. The van der Waals surface area contributed by atoms with Crippen LogP contribution < -0.4 is 0 Å². The molecule has 0 fully saturated rings. The van der Waals surface area contributed by atoms with Crippen LogP contribution in [0.2, 0.25) is 10.0 Å². The zero-order chi connectivity index (χ0) is 14.0. The number of ketones is 2. The van der Waals surface area contributed by atoms with Crippen molar-refractivity contribution in [3.05, 3.63) is 33.1 Å². The summed E-state index contributed by atoms with van der Waals surface area (Å²) < 4.78 is 13.5. The Morgan fingerprint density at radius 2 is 1.89 bits per heavy atom. The van der Waals surface area contributed by atoms with Crippen molar-refractivity contribution in [3.63, 3.8) is 0 Å². The van der Waals surface area contributed by atoms with Gasteiger partial charge in [-0.1, -0.05) is 30.1 Å². The van der Waals surface area contributed by atoms with E-state index in [0.29, 0.717) is 12.0 Å². The Morgan fingerprint density at radius 1 is 1.33 bits per heavy atom. The second-order valence-electron chi connectivity index (χ2n) is 4.09. The van der Waals surface area contributed by atoms with Crippen LogP contribution in [-0.2, 0) is 4.79 Å². The molecule has 98 valence electrons. The number of Topliss-reactive ketones (excluding diaryl/α,β-unsaturated/α-hetero) is 2. The highest BCUT2D eigenvalue weighted by molar-refractivity contribution is 6.38. The summed E-state index contributed by atoms with van der Waals surface area (Å²) in [5, 5.41) is -0.00137. The third-order valence-electron chi connectivity index (χ3n) is 2.86. The highest BCUT2D eigenvalue weighted by atomic mass is 35.5. The van der Waals surface area contributed by atoms with Crippen molar-refractivity contribution >= 4 is 34.8 Å². The first-order valence-corrected chi connectivity index (χ1v) is 6.25. The Bertz CT molecular complexity index is 512. The molecule has 5 heteroatoms. The van der Waals surface area contributed by atoms with E-state index in [0.717, 1.165) is 6.07 Å². The molecule has 0 spiro atoms. The average molecular weight is 291 g/mol. The van der Waals surface area contributed by atoms with E-state index in [9.17, 15) is 14.0 Å². The number of halogens is 3. The number of hydrogen-bond donors (Lipinski definition) is 0. The van der Waals surface area contributed by atoms with Crippen molar-refractivity contribution in [1.29, 1.82) is 0 Å². The van der Waals surface area contributed by atoms with E-state index in [4.69, 9.17) is 23.2 Å². The van der Waals surface area contributed by atoms with Crippen LogP contribution in [0, 0.1) is 18.7 Å². The van der Waals surface area contributed by atoms with Crippen LogP contribution in [0.3, 0.4) is 0 Å². The van der Waals surface area contributed by atoms with Gasteiger partial charge in [0.05, 0.1) is 16.0 Å². The molecule has 0 saturated carbocycles. The van der Waals surface area contributed by atoms with Crippen molar-refractivity contribution in [2.24, 2.45) is 5.92 Å². The highest BCUT2D eigenvalue weighted by Gasteiger charge is 2.26. The Balaban J connectivity index is 3.34. The lowest BCUT2D eigenvalue weighted by atomic mass is 9.91. The first-order chi connectivity index (χ1) is 8.31. The molecule has 0 amide bonds. The third-order valence-corrected chi connectivity index (χ3v) is 3.81. The second kappa shape index (κ2) is 5.81. The summed E-state index contributed by atoms with van der Waals surface area (Å²) in [6.45, 7) is 4.58. The quantitative estimate of drug-likeness (QED) is 0.472. The standard InChI is InChI=1S/C13H13Cl2FO2/c1-4-8(7(3)17)13(18)9-5-10(16)12(15)6(2)11(9)14/h5,8H,4H2,1-3H3. The summed E-state index contributed by atoms with van der Waals surface area (Å²) in [5.74, 6) is -2.22. The molecule has 1 atom stereocenters. The summed E-state index contributed by atoms with van der Waals surface area (Å²) in [6, 6.07) is 0.992.